The number of hydrogen-bond acceptors (Lipinski definition) is 7. The van der Waals surface area contributed by atoms with Crippen LogP contribution in [0.25, 0.3) is 0 Å². The van der Waals surface area contributed by atoms with Crippen molar-refractivity contribution in [3.05, 3.63) is 47.2 Å². The monoisotopic (exact) mass is 494 g/mol. The molecule has 2 atom stereocenters. The van der Waals surface area contributed by atoms with Crippen molar-refractivity contribution < 1.29 is 17.9 Å². The first-order valence-corrected chi connectivity index (χ1v) is 12.8. The molecule has 0 aliphatic carbocycles. The van der Waals surface area contributed by atoms with Gasteiger partial charge in [-0.2, -0.15) is 4.31 Å². The molecular weight excluding hydrogens is 464 g/mol. The van der Waals surface area contributed by atoms with Crippen molar-refractivity contribution in [2.75, 3.05) is 23.9 Å². The number of anilines is 2. The number of likely N-dealkylation sites (N-methyl/N-ethyl adjacent to an activating group) is 1. The highest BCUT2D eigenvalue weighted by molar-refractivity contribution is 7.89. The van der Waals surface area contributed by atoms with Crippen molar-refractivity contribution in [3.8, 4) is 0 Å². The van der Waals surface area contributed by atoms with E-state index in [1.54, 1.807) is 25.4 Å². The molecule has 33 heavy (non-hydrogen) atoms. The number of carbonyl (C=O) groups excluding carboxylic acids is 1. The van der Waals surface area contributed by atoms with Gasteiger partial charge in [-0.15, -0.1) is 0 Å². The molecule has 1 aromatic heterocycles. The van der Waals surface area contributed by atoms with Crippen molar-refractivity contribution in [3.63, 3.8) is 0 Å². The number of carbonyl (C=O) groups is 1. The maximum Gasteiger partial charge on any atom is 0.324 e. The van der Waals surface area contributed by atoms with E-state index >= 15 is 0 Å². The lowest BCUT2D eigenvalue weighted by atomic mass is 10.0. The summed E-state index contributed by atoms with van der Waals surface area (Å²) in [6.45, 7) is 8.28. The molecule has 0 saturated carbocycles. The molecule has 1 aromatic carbocycles. The molecule has 10 heteroatoms. The second-order valence-electron chi connectivity index (χ2n) is 8.51. The Balaban J connectivity index is 1.85. The Morgan fingerprint density at radius 1 is 1.33 bits per heavy atom. The standard InChI is InChI=1S/C23H31ClN4O4S/c1-6-32-23(29)22(11-15(2)3)27(5)33(30,31)18-8-7-17(19(24)12-18)14-28-16(4)26-20-13-25-10-9-21(20)28/h7-10,12-13,15-16,22,26H,6,11,14H2,1-5H3/t16?,22-/m0/s1. The fraction of sp³-hybridized carbons (Fsp3) is 0.478. The van der Waals surface area contributed by atoms with E-state index in [4.69, 9.17) is 16.3 Å². The number of benzene rings is 1. The van der Waals surface area contributed by atoms with Crippen LogP contribution in [0.15, 0.2) is 41.6 Å². The lowest BCUT2D eigenvalue weighted by Gasteiger charge is -2.27. The predicted octanol–water partition coefficient (Wildman–Crippen LogP) is 4.11. The fourth-order valence-electron chi connectivity index (χ4n) is 3.89. The Labute approximate surface area is 200 Å². The number of fused-ring (bicyclic) bond motifs is 1. The summed E-state index contributed by atoms with van der Waals surface area (Å²) in [6, 6.07) is 5.72. The Bertz CT molecular complexity index is 1110. The van der Waals surface area contributed by atoms with Gasteiger partial charge in [0.1, 0.15) is 6.04 Å². The molecule has 1 unspecified atom stereocenters. The molecule has 8 nitrogen and oxygen atoms in total. The molecule has 2 heterocycles. The zero-order valence-corrected chi connectivity index (χ0v) is 21.2. The van der Waals surface area contributed by atoms with Crippen LogP contribution in [-0.2, 0) is 26.1 Å². The van der Waals surface area contributed by atoms with Crippen molar-refractivity contribution >= 4 is 39.0 Å². The largest absolute Gasteiger partial charge is 0.465 e. The second kappa shape index (κ2) is 10.3. The summed E-state index contributed by atoms with van der Waals surface area (Å²) in [7, 11) is -2.55. The van der Waals surface area contributed by atoms with E-state index in [1.165, 1.54) is 19.2 Å². The topological polar surface area (TPSA) is 91.8 Å². The zero-order valence-electron chi connectivity index (χ0n) is 19.6. The number of nitrogens with zero attached hydrogens (tertiary/aromatic N) is 3. The molecule has 1 aliphatic rings. The number of esters is 1. The van der Waals surface area contributed by atoms with Crippen molar-refractivity contribution in [1.82, 2.24) is 9.29 Å². The third-order valence-electron chi connectivity index (χ3n) is 5.67. The minimum absolute atomic E-state index is 0.0361. The van der Waals surface area contributed by atoms with Gasteiger partial charge in [0.05, 0.1) is 35.2 Å². The average Bonchev–Trinajstić information content (AvgIpc) is 3.07. The number of rotatable bonds is 9. The second-order valence-corrected chi connectivity index (χ2v) is 10.9. The van der Waals surface area contributed by atoms with Crippen LogP contribution in [0.2, 0.25) is 5.02 Å². The van der Waals surface area contributed by atoms with E-state index in [1.807, 2.05) is 26.8 Å². The van der Waals surface area contributed by atoms with Crippen molar-refractivity contribution in [2.24, 2.45) is 5.92 Å². The Morgan fingerprint density at radius 2 is 2.06 bits per heavy atom. The van der Waals surface area contributed by atoms with Gasteiger partial charge >= 0.3 is 5.97 Å². The van der Waals surface area contributed by atoms with Gasteiger partial charge in [0.25, 0.3) is 0 Å². The van der Waals surface area contributed by atoms with E-state index in [-0.39, 0.29) is 23.6 Å². The van der Waals surface area contributed by atoms with Crippen LogP contribution in [0, 0.1) is 5.92 Å². The molecule has 0 bridgehead atoms. The number of ether oxygens (including phenoxy) is 1. The first-order chi connectivity index (χ1) is 15.6. The Morgan fingerprint density at radius 3 is 2.70 bits per heavy atom. The lowest BCUT2D eigenvalue weighted by Crippen LogP contribution is -2.44. The van der Waals surface area contributed by atoms with Crippen molar-refractivity contribution in [1.29, 1.82) is 0 Å². The van der Waals surface area contributed by atoms with E-state index in [0.717, 1.165) is 21.2 Å². The molecule has 0 radical (unpaired) electrons. The van der Waals surface area contributed by atoms with Gasteiger partial charge in [0.15, 0.2) is 0 Å². The molecule has 2 aromatic rings. The highest BCUT2D eigenvalue weighted by Gasteiger charge is 2.35. The van der Waals surface area contributed by atoms with Gasteiger partial charge in [-0.05, 0) is 49.9 Å². The van der Waals surface area contributed by atoms with Gasteiger partial charge in [-0.25, -0.2) is 8.42 Å². The summed E-state index contributed by atoms with van der Waals surface area (Å²) in [5, 5.41) is 3.70. The van der Waals surface area contributed by atoms with Crippen LogP contribution in [0.3, 0.4) is 0 Å². The summed E-state index contributed by atoms with van der Waals surface area (Å²) < 4.78 is 32.9. The smallest absolute Gasteiger partial charge is 0.324 e. The maximum atomic E-state index is 13.3. The van der Waals surface area contributed by atoms with E-state index < -0.39 is 22.0 Å². The molecule has 0 saturated heterocycles. The minimum atomic E-state index is -3.96. The first-order valence-electron chi connectivity index (χ1n) is 11.0. The number of sulfonamides is 1. The van der Waals surface area contributed by atoms with Crippen molar-refractivity contribution in [2.45, 2.75) is 57.8 Å². The van der Waals surface area contributed by atoms with E-state index in [2.05, 4.69) is 15.2 Å². The average molecular weight is 495 g/mol. The molecular formula is C23H31ClN4O4S. The molecule has 3 rings (SSSR count). The van der Waals surface area contributed by atoms with Gasteiger partial charge in [-0.1, -0.05) is 31.5 Å². The lowest BCUT2D eigenvalue weighted by molar-refractivity contribution is -0.147. The number of pyridine rings is 1. The van der Waals surface area contributed by atoms with Gasteiger partial charge in [0, 0.05) is 24.8 Å². The number of hydrogen-bond donors (Lipinski definition) is 1. The fourth-order valence-corrected chi connectivity index (χ4v) is 5.55. The number of nitrogens with one attached hydrogen (secondary N) is 1. The maximum absolute atomic E-state index is 13.3. The Hall–Kier alpha value is -2.36. The molecule has 1 aliphatic heterocycles. The van der Waals surface area contributed by atoms with E-state index in [0.29, 0.717) is 18.0 Å². The molecule has 0 amide bonds. The normalized spacial score (nSPS) is 16.6. The number of halogens is 1. The highest BCUT2D eigenvalue weighted by atomic mass is 35.5. The molecule has 180 valence electrons. The predicted molar refractivity (Wildman–Crippen MR) is 130 cm³/mol. The summed E-state index contributed by atoms with van der Waals surface area (Å²) in [5.74, 6) is -0.444. The van der Waals surface area contributed by atoms with Crippen LogP contribution in [0.1, 0.15) is 39.7 Å². The quantitative estimate of drug-likeness (QED) is 0.524. The zero-order chi connectivity index (χ0) is 24.3. The van der Waals surface area contributed by atoms with Gasteiger partial charge in [0.2, 0.25) is 10.0 Å². The highest BCUT2D eigenvalue weighted by Crippen LogP contribution is 2.36. The van der Waals surface area contributed by atoms with Crippen LogP contribution in [-0.4, -0.2) is 49.5 Å². The number of aromatic nitrogens is 1. The summed E-state index contributed by atoms with van der Waals surface area (Å²) >= 11 is 6.54. The van der Waals surface area contributed by atoms with Crippen LogP contribution >= 0.6 is 11.6 Å². The van der Waals surface area contributed by atoms with E-state index in [9.17, 15) is 13.2 Å². The summed E-state index contributed by atoms with van der Waals surface area (Å²) in [4.78, 5) is 18.8. The SMILES string of the molecule is CCOC(=O)[C@H](CC(C)C)N(C)S(=O)(=O)c1ccc(CN2c3ccncc3NC2C)c(Cl)c1. The minimum Gasteiger partial charge on any atom is -0.465 e. The first kappa shape index (κ1) is 25.3. The third-order valence-corrected chi connectivity index (χ3v) is 7.89. The van der Waals surface area contributed by atoms with Gasteiger partial charge < -0.3 is 15.0 Å². The van der Waals surface area contributed by atoms with Crippen LogP contribution in [0.5, 0.6) is 0 Å². The Kier molecular flexibility index (Phi) is 7.87. The van der Waals surface area contributed by atoms with Crippen LogP contribution in [0.4, 0.5) is 11.4 Å². The molecule has 1 N–H and O–H groups in total. The third kappa shape index (κ3) is 5.42. The summed E-state index contributed by atoms with van der Waals surface area (Å²) in [6.07, 6.45) is 3.90. The van der Waals surface area contributed by atoms with Crippen LogP contribution < -0.4 is 10.2 Å². The van der Waals surface area contributed by atoms with Gasteiger partial charge in [-0.3, -0.25) is 9.78 Å². The molecule has 0 fully saturated rings. The molecule has 0 spiro atoms. The summed E-state index contributed by atoms with van der Waals surface area (Å²) in [5.41, 5.74) is 2.74.